The van der Waals surface area contributed by atoms with Gasteiger partial charge < -0.3 is 10.6 Å². The van der Waals surface area contributed by atoms with E-state index in [1.165, 1.54) is 24.8 Å². The molecule has 33 heavy (non-hydrogen) atoms. The third kappa shape index (κ3) is 6.91. The molecule has 0 aromatic heterocycles. The van der Waals surface area contributed by atoms with Gasteiger partial charge in [-0.3, -0.25) is 0 Å². The number of aryl methyl sites for hydroxylation is 1. The van der Waals surface area contributed by atoms with Crippen LogP contribution in [0, 0.1) is 0 Å². The van der Waals surface area contributed by atoms with Crippen LogP contribution in [0.15, 0.2) is 57.9 Å². The molecule has 2 aromatic carbocycles. The van der Waals surface area contributed by atoms with Crippen LogP contribution in [0.5, 0.6) is 0 Å². The Bertz CT molecular complexity index is 985. The van der Waals surface area contributed by atoms with Gasteiger partial charge in [0.05, 0.1) is 10.1 Å². The standard InChI is InChI=1S/C25H33BrN2O2S.2BrH/c1-2-3-4-5-7-18-10-12-21(13-11-18)31(29,30)25-23-15-14-22(28-23)24(25)27-17-19-8-6-9-20(26)16-19;;/h6,8-13,16,22-25,27-28H,2-5,7,14-15,17H2,1H3;2*1H/t22-,23+,24+,25-;;/m1../s1. The summed E-state index contributed by atoms with van der Waals surface area (Å²) in [5.74, 6) is 0. The van der Waals surface area contributed by atoms with E-state index in [4.69, 9.17) is 0 Å². The van der Waals surface area contributed by atoms with Gasteiger partial charge >= 0.3 is 0 Å². The first-order valence-electron chi connectivity index (χ1n) is 11.6. The first kappa shape index (κ1) is 29.0. The van der Waals surface area contributed by atoms with Crippen molar-refractivity contribution in [3.05, 3.63) is 64.1 Å². The molecule has 184 valence electrons. The van der Waals surface area contributed by atoms with Gasteiger partial charge in [-0.1, -0.05) is 66.4 Å². The van der Waals surface area contributed by atoms with E-state index in [-0.39, 0.29) is 52.1 Å². The summed E-state index contributed by atoms with van der Waals surface area (Å²) in [6.07, 6.45) is 7.87. The highest BCUT2D eigenvalue weighted by Gasteiger charge is 2.53. The number of hydrogen-bond donors (Lipinski definition) is 2. The molecular weight excluding hydrogens is 632 g/mol. The van der Waals surface area contributed by atoms with E-state index >= 15 is 0 Å². The Morgan fingerprint density at radius 1 is 0.970 bits per heavy atom. The minimum absolute atomic E-state index is 0. The Morgan fingerprint density at radius 2 is 1.70 bits per heavy atom. The topological polar surface area (TPSA) is 58.2 Å². The van der Waals surface area contributed by atoms with Crippen molar-refractivity contribution in [3.8, 4) is 0 Å². The van der Waals surface area contributed by atoms with E-state index in [2.05, 4.69) is 45.6 Å². The summed E-state index contributed by atoms with van der Waals surface area (Å²) in [6.45, 7) is 2.88. The van der Waals surface area contributed by atoms with Crippen molar-refractivity contribution in [3.63, 3.8) is 0 Å². The summed E-state index contributed by atoms with van der Waals surface area (Å²) >= 11 is 3.52. The van der Waals surface area contributed by atoms with Gasteiger partial charge in [-0.15, -0.1) is 34.0 Å². The van der Waals surface area contributed by atoms with Crippen molar-refractivity contribution in [2.45, 2.75) is 86.7 Å². The zero-order chi connectivity index (χ0) is 21.8. The van der Waals surface area contributed by atoms with Gasteiger partial charge in [0.15, 0.2) is 9.84 Å². The van der Waals surface area contributed by atoms with Gasteiger partial charge in [-0.2, -0.15) is 0 Å². The van der Waals surface area contributed by atoms with Crippen LogP contribution in [-0.4, -0.2) is 31.8 Å². The van der Waals surface area contributed by atoms with E-state index in [0.717, 1.165) is 35.7 Å². The van der Waals surface area contributed by atoms with Crippen LogP contribution in [0.4, 0.5) is 0 Å². The quantitative estimate of drug-likeness (QED) is 0.298. The van der Waals surface area contributed by atoms with E-state index in [0.29, 0.717) is 11.4 Å². The van der Waals surface area contributed by atoms with Gasteiger partial charge in [0.2, 0.25) is 0 Å². The highest BCUT2D eigenvalue weighted by Crippen LogP contribution is 2.36. The number of rotatable bonds is 10. The number of unbranched alkanes of at least 4 members (excludes halogenated alkanes) is 3. The summed E-state index contributed by atoms with van der Waals surface area (Å²) in [5, 5.41) is 6.70. The molecule has 0 radical (unpaired) electrons. The fraction of sp³-hybridized carbons (Fsp3) is 0.520. The van der Waals surface area contributed by atoms with Crippen molar-refractivity contribution >= 4 is 59.7 Å². The van der Waals surface area contributed by atoms with Crippen LogP contribution in [0.2, 0.25) is 0 Å². The van der Waals surface area contributed by atoms with Crippen molar-refractivity contribution < 1.29 is 8.42 Å². The van der Waals surface area contributed by atoms with Gasteiger partial charge in [0.1, 0.15) is 0 Å². The Labute approximate surface area is 228 Å². The second-order valence-corrected chi connectivity index (χ2v) is 12.0. The van der Waals surface area contributed by atoms with E-state index in [9.17, 15) is 8.42 Å². The Kier molecular flexibility index (Phi) is 11.6. The molecule has 4 rings (SSSR count). The van der Waals surface area contributed by atoms with Crippen LogP contribution in [0.1, 0.15) is 56.6 Å². The Morgan fingerprint density at radius 3 is 2.39 bits per heavy atom. The molecule has 2 aliphatic heterocycles. The Hall–Kier alpha value is -0.250. The molecule has 0 unspecified atom stereocenters. The molecule has 2 bridgehead atoms. The summed E-state index contributed by atoms with van der Waals surface area (Å²) in [7, 11) is -3.41. The molecule has 4 nitrogen and oxygen atoms in total. The average molecular weight is 667 g/mol. The number of sulfone groups is 1. The second kappa shape index (κ2) is 13.2. The SMILES string of the molecule is Br.Br.CCCCCCc1ccc(S(=O)(=O)[C@H]2[C@@H](NCc3cccc(Br)c3)[C@H]3CC[C@@H]2N3)cc1. The molecule has 0 aliphatic carbocycles. The monoisotopic (exact) mass is 664 g/mol. The predicted molar refractivity (Wildman–Crippen MR) is 151 cm³/mol. The lowest BCUT2D eigenvalue weighted by molar-refractivity contribution is 0.409. The van der Waals surface area contributed by atoms with E-state index in [1.807, 2.05) is 36.4 Å². The van der Waals surface area contributed by atoms with Crippen molar-refractivity contribution in [1.29, 1.82) is 0 Å². The smallest absolute Gasteiger partial charge is 0.184 e. The maximum atomic E-state index is 13.6. The first-order valence-corrected chi connectivity index (χ1v) is 13.9. The second-order valence-electron chi connectivity index (χ2n) is 8.96. The maximum absolute atomic E-state index is 13.6. The highest BCUT2D eigenvalue weighted by molar-refractivity contribution is 9.10. The van der Waals surface area contributed by atoms with Crippen LogP contribution in [0.3, 0.4) is 0 Å². The lowest BCUT2D eigenvalue weighted by Crippen LogP contribution is -2.50. The van der Waals surface area contributed by atoms with Gasteiger partial charge in [-0.25, -0.2) is 8.42 Å². The summed E-state index contributed by atoms with van der Waals surface area (Å²) in [4.78, 5) is 0.457. The number of fused-ring (bicyclic) bond motifs is 2. The molecule has 0 amide bonds. The summed E-state index contributed by atoms with van der Waals surface area (Å²) < 4.78 is 28.3. The number of benzene rings is 2. The number of hydrogen-bond acceptors (Lipinski definition) is 4. The van der Waals surface area contributed by atoms with E-state index < -0.39 is 15.1 Å². The fourth-order valence-corrected chi connectivity index (χ4v) is 7.73. The largest absolute Gasteiger partial charge is 0.308 e. The summed E-state index contributed by atoms with van der Waals surface area (Å²) in [6, 6.07) is 16.0. The lowest BCUT2D eigenvalue weighted by Gasteiger charge is -2.30. The third-order valence-corrected chi connectivity index (χ3v) is 9.52. The lowest BCUT2D eigenvalue weighted by atomic mass is 9.94. The molecular formula is C25H35Br3N2O2S. The molecule has 2 fully saturated rings. The highest BCUT2D eigenvalue weighted by atomic mass is 79.9. The van der Waals surface area contributed by atoms with Crippen LogP contribution >= 0.6 is 49.9 Å². The van der Waals surface area contributed by atoms with Crippen LogP contribution < -0.4 is 10.6 Å². The van der Waals surface area contributed by atoms with Gasteiger partial charge in [0, 0.05) is 29.1 Å². The van der Waals surface area contributed by atoms with Crippen molar-refractivity contribution in [2.24, 2.45) is 0 Å². The Balaban J connectivity index is 0.00000193. The number of nitrogens with one attached hydrogen (secondary N) is 2. The van der Waals surface area contributed by atoms with Gasteiger partial charge in [-0.05, 0) is 61.1 Å². The molecule has 0 spiro atoms. The molecule has 2 aromatic rings. The average Bonchev–Trinajstić information content (AvgIpc) is 3.38. The molecule has 4 atom stereocenters. The van der Waals surface area contributed by atoms with Crippen LogP contribution in [0.25, 0.3) is 0 Å². The van der Waals surface area contributed by atoms with Crippen LogP contribution in [-0.2, 0) is 22.8 Å². The zero-order valence-electron chi connectivity index (χ0n) is 19.0. The minimum Gasteiger partial charge on any atom is -0.308 e. The first-order chi connectivity index (χ1) is 15.0. The van der Waals surface area contributed by atoms with Gasteiger partial charge in [0.25, 0.3) is 0 Å². The molecule has 8 heteroatoms. The van der Waals surface area contributed by atoms with Crippen molar-refractivity contribution in [1.82, 2.24) is 10.6 Å². The molecule has 2 N–H and O–H groups in total. The predicted octanol–water partition coefficient (Wildman–Crippen LogP) is 6.16. The molecule has 2 aliphatic rings. The normalized spacial score (nSPS) is 23.7. The number of halogens is 3. The van der Waals surface area contributed by atoms with Crippen molar-refractivity contribution in [2.75, 3.05) is 0 Å². The summed E-state index contributed by atoms with van der Waals surface area (Å²) in [5.41, 5.74) is 2.38. The fourth-order valence-electron chi connectivity index (χ4n) is 5.13. The minimum atomic E-state index is -3.41. The maximum Gasteiger partial charge on any atom is 0.184 e. The zero-order valence-corrected chi connectivity index (χ0v) is 24.8. The molecule has 2 heterocycles. The third-order valence-electron chi connectivity index (χ3n) is 6.76. The molecule has 2 saturated heterocycles. The van der Waals surface area contributed by atoms with E-state index in [1.54, 1.807) is 0 Å². The molecule has 0 saturated carbocycles.